The first-order valence-electron chi connectivity index (χ1n) is 8.39. The molecule has 1 aliphatic rings. The average molecular weight is 342 g/mol. The van der Waals surface area contributed by atoms with E-state index in [-0.39, 0.29) is 11.8 Å². The molecule has 1 atom stereocenters. The minimum absolute atomic E-state index is 0.000398. The molecule has 2 aromatic rings. The highest BCUT2D eigenvalue weighted by Gasteiger charge is 2.28. The molecule has 1 aliphatic heterocycles. The van der Waals surface area contributed by atoms with Crippen LogP contribution in [0.1, 0.15) is 35.7 Å². The van der Waals surface area contributed by atoms with Crippen LogP contribution in [0.25, 0.3) is 0 Å². The Morgan fingerprint density at radius 2 is 1.79 bits per heavy atom. The lowest BCUT2D eigenvalue weighted by Gasteiger charge is -2.31. The molecule has 0 aliphatic carbocycles. The third-order valence-electron chi connectivity index (χ3n) is 4.27. The molecule has 5 heteroatoms. The van der Waals surface area contributed by atoms with Gasteiger partial charge in [-0.3, -0.25) is 9.59 Å². The van der Waals surface area contributed by atoms with E-state index in [1.807, 2.05) is 52.7 Å². The highest BCUT2D eigenvalue weighted by molar-refractivity contribution is 7.10. The van der Waals surface area contributed by atoms with Crippen LogP contribution < -0.4 is 5.32 Å². The van der Waals surface area contributed by atoms with Crippen molar-refractivity contribution in [3.05, 3.63) is 58.3 Å². The van der Waals surface area contributed by atoms with Crippen molar-refractivity contribution < 1.29 is 9.59 Å². The van der Waals surface area contributed by atoms with Gasteiger partial charge in [-0.15, -0.1) is 11.3 Å². The summed E-state index contributed by atoms with van der Waals surface area (Å²) in [6.07, 6.45) is 3.56. The molecule has 24 heavy (non-hydrogen) atoms. The number of thiophene rings is 1. The van der Waals surface area contributed by atoms with E-state index in [1.165, 1.54) is 6.42 Å². The van der Waals surface area contributed by atoms with Gasteiger partial charge in [0, 0.05) is 18.0 Å². The van der Waals surface area contributed by atoms with Crippen molar-refractivity contribution >= 4 is 23.2 Å². The Bertz CT molecular complexity index is 664. The molecular formula is C19H22N2O2S. The van der Waals surface area contributed by atoms with Gasteiger partial charge in [0.2, 0.25) is 11.8 Å². The molecule has 0 saturated carbocycles. The lowest BCUT2D eigenvalue weighted by Crippen LogP contribution is -2.45. The Labute approximate surface area is 146 Å². The number of hydrogen-bond acceptors (Lipinski definition) is 3. The Morgan fingerprint density at radius 1 is 1.04 bits per heavy atom. The second kappa shape index (κ2) is 8.11. The number of rotatable bonds is 5. The van der Waals surface area contributed by atoms with E-state index in [4.69, 9.17) is 0 Å². The first-order chi connectivity index (χ1) is 11.7. The molecule has 0 bridgehead atoms. The minimum atomic E-state index is -0.600. The molecule has 4 nitrogen and oxygen atoms in total. The molecule has 126 valence electrons. The third-order valence-corrected chi connectivity index (χ3v) is 5.14. The second-order valence-corrected chi connectivity index (χ2v) is 7.09. The van der Waals surface area contributed by atoms with Crippen LogP contribution in [0.2, 0.25) is 0 Å². The van der Waals surface area contributed by atoms with Crippen LogP contribution in [0, 0.1) is 0 Å². The van der Waals surface area contributed by atoms with Gasteiger partial charge < -0.3 is 10.2 Å². The minimum Gasteiger partial charge on any atom is -0.341 e. The summed E-state index contributed by atoms with van der Waals surface area (Å²) in [5, 5.41) is 4.90. The van der Waals surface area contributed by atoms with Gasteiger partial charge in [0.25, 0.3) is 0 Å². The molecule has 0 unspecified atom stereocenters. The van der Waals surface area contributed by atoms with Gasteiger partial charge in [0.15, 0.2) is 0 Å². The summed E-state index contributed by atoms with van der Waals surface area (Å²) in [6.45, 7) is 1.56. The van der Waals surface area contributed by atoms with E-state index < -0.39 is 6.04 Å². The highest BCUT2D eigenvalue weighted by atomic mass is 32.1. The van der Waals surface area contributed by atoms with Crippen molar-refractivity contribution in [2.75, 3.05) is 13.1 Å². The fraction of sp³-hybridized carbons (Fsp3) is 0.368. The SMILES string of the molecule is O=C(Cc1cccs1)N[C@H](C(=O)N1CCCCC1)c1ccccc1. The van der Waals surface area contributed by atoms with Crippen LogP contribution in [0.15, 0.2) is 47.8 Å². The van der Waals surface area contributed by atoms with Crippen LogP contribution in [0.3, 0.4) is 0 Å². The second-order valence-electron chi connectivity index (χ2n) is 6.05. The topological polar surface area (TPSA) is 49.4 Å². The summed E-state index contributed by atoms with van der Waals surface area (Å²) < 4.78 is 0. The predicted octanol–water partition coefficient (Wildman–Crippen LogP) is 3.16. The summed E-state index contributed by atoms with van der Waals surface area (Å²) in [6, 6.07) is 12.8. The van der Waals surface area contributed by atoms with E-state index in [9.17, 15) is 9.59 Å². The number of carbonyl (C=O) groups is 2. The molecule has 1 fully saturated rings. The van der Waals surface area contributed by atoms with Crippen LogP contribution in [0.5, 0.6) is 0 Å². The van der Waals surface area contributed by atoms with Gasteiger partial charge in [-0.1, -0.05) is 36.4 Å². The monoisotopic (exact) mass is 342 g/mol. The number of carbonyl (C=O) groups excluding carboxylic acids is 2. The fourth-order valence-electron chi connectivity index (χ4n) is 3.01. The maximum absolute atomic E-state index is 13.0. The zero-order valence-electron chi connectivity index (χ0n) is 13.6. The largest absolute Gasteiger partial charge is 0.341 e. The highest BCUT2D eigenvalue weighted by Crippen LogP contribution is 2.20. The van der Waals surface area contributed by atoms with Crippen molar-refractivity contribution in [2.45, 2.75) is 31.7 Å². The number of amides is 2. The quantitative estimate of drug-likeness (QED) is 0.907. The molecule has 3 rings (SSSR count). The van der Waals surface area contributed by atoms with Gasteiger partial charge in [-0.05, 0) is 36.3 Å². The summed E-state index contributed by atoms with van der Waals surface area (Å²) in [5.74, 6) is -0.114. The molecular weight excluding hydrogens is 320 g/mol. The predicted molar refractivity (Wildman–Crippen MR) is 95.8 cm³/mol. The molecule has 1 aromatic heterocycles. The van der Waals surface area contributed by atoms with Gasteiger partial charge in [-0.2, -0.15) is 0 Å². The zero-order chi connectivity index (χ0) is 16.8. The fourth-order valence-corrected chi connectivity index (χ4v) is 3.72. The summed E-state index contributed by atoms with van der Waals surface area (Å²) >= 11 is 1.55. The number of benzene rings is 1. The van der Waals surface area contributed by atoms with E-state index in [1.54, 1.807) is 11.3 Å². The van der Waals surface area contributed by atoms with Crippen molar-refractivity contribution in [1.82, 2.24) is 10.2 Å². The number of hydrogen-bond donors (Lipinski definition) is 1. The van der Waals surface area contributed by atoms with Crippen LogP contribution in [0.4, 0.5) is 0 Å². The number of nitrogens with one attached hydrogen (secondary N) is 1. The number of piperidine rings is 1. The van der Waals surface area contributed by atoms with Crippen molar-refractivity contribution in [3.63, 3.8) is 0 Å². The van der Waals surface area contributed by atoms with Gasteiger partial charge in [0.05, 0.1) is 6.42 Å². The summed E-state index contributed by atoms with van der Waals surface area (Å²) in [5.41, 5.74) is 0.840. The molecule has 1 saturated heterocycles. The lowest BCUT2D eigenvalue weighted by molar-refractivity contribution is -0.137. The molecule has 0 radical (unpaired) electrons. The first kappa shape index (κ1) is 16.7. The van der Waals surface area contributed by atoms with Gasteiger partial charge in [0.1, 0.15) is 6.04 Å². The smallest absolute Gasteiger partial charge is 0.249 e. The number of likely N-dealkylation sites (tertiary alicyclic amines) is 1. The van der Waals surface area contributed by atoms with Crippen LogP contribution in [-0.2, 0) is 16.0 Å². The Balaban J connectivity index is 1.74. The molecule has 0 spiro atoms. The maximum atomic E-state index is 13.0. The lowest BCUT2D eigenvalue weighted by atomic mass is 10.0. The molecule has 1 N–H and O–H groups in total. The Morgan fingerprint density at radius 3 is 2.46 bits per heavy atom. The summed E-state index contributed by atoms with van der Waals surface area (Å²) in [7, 11) is 0. The van der Waals surface area contributed by atoms with Crippen molar-refractivity contribution in [2.24, 2.45) is 0 Å². The van der Waals surface area contributed by atoms with Gasteiger partial charge >= 0.3 is 0 Å². The normalized spacial score (nSPS) is 15.8. The number of nitrogens with zero attached hydrogens (tertiary/aromatic N) is 1. The third kappa shape index (κ3) is 4.23. The molecule has 2 heterocycles. The Hall–Kier alpha value is -2.14. The van der Waals surface area contributed by atoms with Gasteiger partial charge in [-0.25, -0.2) is 0 Å². The van der Waals surface area contributed by atoms with E-state index in [0.29, 0.717) is 6.42 Å². The van der Waals surface area contributed by atoms with E-state index in [2.05, 4.69) is 5.32 Å². The van der Waals surface area contributed by atoms with Crippen LogP contribution >= 0.6 is 11.3 Å². The van der Waals surface area contributed by atoms with Crippen molar-refractivity contribution in [3.8, 4) is 0 Å². The first-order valence-corrected chi connectivity index (χ1v) is 9.27. The summed E-state index contributed by atoms with van der Waals surface area (Å²) in [4.78, 5) is 28.2. The average Bonchev–Trinajstić information content (AvgIpc) is 3.13. The standard InChI is InChI=1S/C19H22N2O2S/c22-17(14-16-10-7-13-24-16)20-18(15-8-3-1-4-9-15)19(23)21-11-5-2-6-12-21/h1,3-4,7-10,13,18H,2,5-6,11-12,14H2,(H,20,22)/t18-/m0/s1. The molecule has 2 amide bonds. The van der Waals surface area contributed by atoms with Crippen molar-refractivity contribution in [1.29, 1.82) is 0 Å². The Kier molecular flexibility index (Phi) is 5.64. The zero-order valence-corrected chi connectivity index (χ0v) is 14.4. The van der Waals surface area contributed by atoms with Crippen LogP contribution in [-0.4, -0.2) is 29.8 Å². The van der Waals surface area contributed by atoms with E-state index in [0.717, 1.165) is 36.4 Å². The maximum Gasteiger partial charge on any atom is 0.249 e. The molecule has 1 aromatic carbocycles. The van der Waals surface area contributed by atoms with E-state index >= 15 is 0 Å².